The number of aliphatic hydroxyl groups is 1. The van der Waals surface area contributed by atoms with Crippen LogP contribution >= 0.6 is 0 Å². The van der Waals surface area contributed by atoms with Gasteiger partial charge in [-0.15, -0.1) is 0 Å². The van der Waals surface area contributed by atoms with Crippen molar-refractivity contribution in [2.45, 2.75) is 38.6 Å². The maximum atomic E-state index is 13.2. The summed E-state index contributed by atoms with van der Waals surface area (Å²) >= 11 is 0. The van der Waals surface area contributed by atoms with Crippen LogP contribution in [0, 0.1) is 0 Å². The summed E-state index contributed by atoms with van der Waals surface area (Å²) in [4.78, 5) is 36.4. The largest absolute Gasteiger partial charge is 0.456 e. The zero-order valence-corrected chi connectivity index (χ0v) is 21.0. The highest BCUT2D eigenvalue weighted by Gasteiger charge is 2.35. The Kier molecular flexibility index (Phi) is 7.45. The van der Waals surface area contributed by atoms with Crippen LogP contribution in [0.15, 0.2) is 48.7 Å². The minimum absolute atomic E-state index is 0.127. The number of fused-ring (bicyclic) bond motifs is 1. The van der Waals surface area contributed by atoms with Crippen LogP contribution in [0.2, 0.25) is 0 Å². The molecule has 0 radical (unpaired) electrons. The number of benzene rings is 1. The van der Waals surface area contributed by atoms with E-state index in [4.69, 9.17) is 9.47 Å². The molecule has 9 nitrogen and oxygen atoms in total. The van der Waals surface area contributed by atoms with Gasteiger partial charge in [0, 0.05) is 25.0 Å². The van der Waals surface area contributed by atoms with E-state index in [2.05, 4.69) is 9.97 Å². The summed E-state index contributed by atoms with van der Waals surface area (Å²) in [7, 11) is 0. The van der Waals surface area contributed by atoms with Crippen LogP contribution in [0.5, 0.6) is 11.5 Å². The van der Waals surface area contributed by atoms with Gasteiger partial charge in [-0.25, -0.2) is 14.8 Å². The summed E-state index contributed by atoms with van der Waals surface area (Å²) in [5, 5.41) is 10.5. The molecule has 1 saturated heterocycles. The van der Waals surface area contributed by atoms with Gasteiger partial charge in [0.05, 0.1) is 24.4 Å². The van der Waals surface area contributed by atoms with Gasteiger partial charge in [-0.05, 0) is 57.2 Å². The van der Waals surface area contributed by atoms with E-state index in [1.807, 2.05) is 0 Å². The SMILES string of the molecule is CC(C)(C)OC(=O)N1CCN(C(=O)c2ccc3cc(Oc4ccc(C(F)(F)F)nc4)ccc3n2)CC1CO. The summed E-state index contributed by atoms with van der Waals surface area (Å²) < 4.78 is 49.1. The number of piperazine rings is 1. The predicted molar refractivity (Wildman–Crippen MR) is 131 cm³/mol. The minimum atomic E-state index is -4.53. The van der Waals surface area contributed by atoms with E-state index < -0.39 is 29.6 Å². The van der Waals surface area contributed by atoms with E-state index in [0.717, 1.165) is 12.3 Å². The second-order valence-electron chi connectivity index (χ2n) is 9.79. The molecule has 0 saturated carbocycles. The summed E-state index contributed by atoms with van der Waals surface area (Å²) in [6.07, 6.45) is -4.08. The second kappa shape index (κ2) is 10.4. The lowest BCUT2D eigenvalue weighted by Crippen LogP contribution is -2.58. The fourth-order valence-electron chi connectivity index (χ4n) is 3.95. The number of hydrogen-bond acceptors (Lipinski definition) is 7. The van der Waals surface area contributed by atoms with Crippen LogP contribution in [0.3, 0.4) is 0 Å². The lowest BCUT2D eigenvalue weighted by Gasteiger charge is -2.40. The molecule has 1 aliphatic heterocycles. The first-order valence-corrected chi connectivity index (χ1v) is 11.9. The van der Waals surface area contributed by atoms with E-state index in [1.165, 1.54) is 15.9 Å². The number of aromatic nitrogens is 2. The van der Waals surface area contributed by atoms with Crippen LogP contribution in [0.4, 0.5) is 18.0 Å². The third-order valence-corrected chi connectivity index (χ3v) is 5.75. The topological polar surface area (TPSA) is 105 Å². The molecule has 202 valence electrons. The number of alkyl halides is 3. The predicted octanol–water partition coefficient (Wildman–Crippen LogP) is 4.49. The van der Waals surface area contributed by atoms with Gasteiger partial charge in [-0.2, -0.15) is 13.2 Å². The van der Waals surface area contributed by atoms with Crippen LogP contribution in [-0.4, -0.2) is 74.8 Å². The number of carbonyl (C=O) groups is 2. The van der Waals surface area contributed by atoms with E-state index in [0.29, 0.717) is 16.7 Å². The molecule has 2 aromatic heterocycles. The molecule has 1 N–H and O–H groups in total. The maximum absolute atomic E-state index is 13.2. The highest BCUT2D eigenvalue weighted by Crippen LogP contribution is 2.30. The van der Waals surface area contributed by atoms with Crippen LogP contribution < -0.4 is 4.74 Å². The lowest BCUT2D eigenvalue weighted by molar-refractivity contribution is -0.141. The van der Waals surface area contributed by atoms with Gasteiger partial charge in [0.25, 0.3) is 5.91 Å². The fourth-order valence-corrected chi connectivity index (χ4v) is 3.95. The standard InChI is InChI=1S/C26H27F3N4O5/c1-25(2,3)38-24(36)33-11-10-32(14-17(33)15-34)23(35)21-7-4-16-12-18(5-8-20(16)31-21)37-19-6-9-22(30-13-19)26(27,28)29/h4-9,12-13,17,34H,10-11,14-15H2,1-3H3. The normalized spacial score (nSPS) is 16.4. The van der Waals surface area contributed by atoms with Gasteiger partial charge >= 0.3 is 12.3 Å². The smallest absolute Gasteiger partial charge is 0.433 e. The van der Waals surface area contributed by atoms with Gasteiger partial charge < -0.3 is 19.5 Å². The van der Waals surface area contributed by atoms with Crippen molar-refractivity contribution in [3.8, 4) is 11.5 Å². The molecule has 12 heteroatoms. The van der Waals surface area contributed by atoms with Crippen LogP contribution in [0.25, 0.3) is 10.9 Å². The molecule has 1 atom stereocenters. The first kappa shape index (κ1) is 27.1. The summed E-state index contributed by atoms with van der Waals surface area (Å²) in [5.41, 5.74) is -0.986. The highest BCUT2D eigenvalue weighted by molar-refractivity contribution is 5.95. The summed E-state index contributed by atoms with van der Waals surface area (Å²) in [5.74, 6) is 0.162. The molecule has 3 heterocycles. The number of carbonyl (C=O) groups excluding carboxylic acids is 2. The Morgan fingerprint density at radius 3 is 2.42 bits per heavy atom. The lowest BCUT2D eigenvalue weighted by atomic mass is 10.1. The molecule has 2 amide bonds. The minimum Gasteiger partial charge on any atom is -0.456 e. The molecule has 0 bridgehead atoms. The monoisotopic (exact) mass is 532 g/mol. The molecule has 1 unspecified atom stereocenters. The van der Waals surface area contributed by atoms with Crippen LogP contribution in [-0.2, 0) is 10.9 Å². The van der Waals surface area contributed by atoms with Crippen molar-refractivity contribution in [2.24, 2.45) is 0 Å². The van der Waals surface area contributed by atoms with Gasteiger partial charge in [-0.1, -0.05) is 6.07 Å². The van der Waals surface area contributed by atoms with Crippen molar-refractivity contribution in [2.75, 3.05) is 26.2 Å². The molecule has 1 fully saturated rings. The van der Waals surface area contributed by atoms with E-state index in [1.54, 1.807) is 51.1 Å². The quantitative estimate of drug-likeness (QED) is 0.528. The molecule has 1 aromatic carbocycles. The second-order valence-corrected chi connectivity index (χ2v) is 9.79. The third-order valence-electron chi connectivity index (χ3n) is 5.75. The molecule has 4 rings (SSSR count). The van der Waals surface area contributed by atoms with E-state index >= 15 is 0 Å². The average Bonchev–Trinajstić information content (AvgIpc) is 2.86. The summed E-state index contributed by atoms with van der Waals surface area (Å²) in [6, 6.07) is 9.53. The number of rotatable bonds is 4. The number of nitrogens with zero attached hydrogens (tertiary/aromatic N) is 4. The van der Waals surface area contributed by atoms with Crippen molar-refractivity contribution in [3.05, 3.63) is 60.0 Å². The van der Waals surface area contributed by atoms with Crippen molar-refractivity contribution >= 4 is 22.9 Å². The number of amides is 2. The fraction of sp³-hybridized carbons (Fsp3) is 0.385. The number of aliphatic hydroxyl groups excluding tert-OH is 1. The van der Waals surface area contributed by atoms with E-state index in [9.17, 15) is 27.9 Å². The highest BCUT2D eigenvalue weighted by atomic mass is 19.4. The average molecular weight is 533 g/mol. The van der Waals surface area contributed by atoms with Crippen LogP contribution in [0.1, 0.15) is 37.0 Å². The Labute approximate surface area is 216 Å². The van der Waals surface area contributed by atoms with Crippen molar-refractivity contribution in [1.29, 1.82) is 0 Å². The zero-order valence-electron chi connectivity index (χ0n) is 21.0. The number of ether oxygens (including phenoxy) is 2. The Morgan fingerprint density at radius 2 is 1.79 bits per heavy atom. The number of pyridine rings is 2. The maximum Gasteiger partial charge on any atom is 0.433 e. The van der Waals surface area contributed by atoms with E-state index in [-0.39, 0.29) is 43.6 Å². The Morgan fingerprint density at radius 1 is 1.05 bits per heavy atom. The number of hydrogen-bond donors (Lipinski definition) is 1. The molecule has 1 aliphatic rings. The van der Waals surface area contributed by atoms with Gasteiger partial charge in [0.1, 0.15) is 28.5 Å². The van der Waals surface area contributed by atoms with Crippen molar-refractivity contribution in [1.82, 2.24) is 19.8 Å². The molecule has 3 aromatic rings. The Hall–Kier alpha value is -3.93. The van der Waals surface area contributed by atoms with Gasteiger partial charge in [-0.3, -0.25) is 9.69 Å². The molecule has 38 heavy (non-hydrogen) atoms. The van der Waals surface area contributed by atoms with Gasteiger partial charge in [0.2, 0.25) is 0 Å². The number of halogens is 3. The summed E-state index contributed by atoms with van der Waals surface area (Å²) in [6.45, 7) is 5.52. The van der Waals surface area contributed by atoms with Crippen molar-refractivity contribution in [3.63, 3.8) is 0 Å². The van der Waals surface area contributed by atoms with Gasteiger partial charge in [0.15, 0.2) is 0 Å². The molecular formula is C26H27F3N4O5. The molecule has 0 aliphatic carbocycles. The Bertz CT molecular complexity index is 1330. The third kappa shape index (κ3) is 6.31. The first-order chi connectivity index (χ1) is 17.8. The molecule has 0 spiro atoms. The zero-order chi connectivity index (χ0) is 27.7. The molecular weight excluding hydrogens is 505 g/mol. The first-order valence-electron chi connectivity index (χ1n) is 11.9. The van der Waals surface area contributed by atoms with Crippen molar-refractivity contribution < 1.29 is 37.3 Å². The Balaban J connectivity index is 1.44.